The number of thiophene rings is 1. The normalized spacial score (nSPS) is 12.3. The molecule has 134 valence electrons. The lowest BCUT2D eigenvalue weighted by molar-refractivity contribution is -0.123. The molecular formula is C19H24N2O3S. The smallest absolute Gasteiger partial charge is 0.416 e. The van der Waals surface area contributed by atoms with E-state index in [0.29, 0.717) is 5.00 Å². The van der Waals surface area contributed by atoms with Crippen LogP contribution in [0.4, 0.5) is 9.80 Å². The Kier molecular flexibility index (Phi) is 6.20. The van der Waals surface area contributed by atoms with Crippen LogP contribution in [0.5, 0.6) is 0 Å². The molecule has 1 N–H and O–H groups in total. The molecule has 1 heterocycles. The molecule has 0 aliphatic heterocycles. The van der Waals surface area contributed by atoms with Crippen LogP contribution in [0.2, 0.25) is 0 Å². The molecule has 0 spiro atoms. The molecule has 1 aromatic heterocycles. The number of hydrogen-bond donors (Lipinski definition) is 1. The number of carbonyl (C=O) groups excluding carboxylic acids is 2. The van der Waals surface area contributed by atoms with Crippen LogP contribution in [0.25, 0.3) is 0 Å². The number of ether oxygens (including phenoxy) is 1. The third kappa shape index (κ3) is 5.60. The van der Waals surface area contributed by atoms with E-state index in [1.165, 1.54) is 16.2 Å². The van der Waals surface area contributed by atoms with Crippen LogP contribution in [0.1, 0.15) is 33.3 Å². The second-order valence-electron chi connectivity index (χ2n) is 6.78. The molecule has 2 amide bonds. The number of carbonyl (C=O) groups is 2. The number of benzene rings is 1. The number of amides is 2. The Labute approximate surface area is 152 Å². The highest BCUT2D eigenvalue weighted by molar-refractivity contribution is 7.14. The van der Waals surface area contributed by atoms with Gasteiger partial charge in [0.25, 0.3) is 0 Å². The molecule has 2 aromatic rings. The van der Waals surface area contributed by atoms with E-state index in [0.717, 1.165) is 5.56 Å². The predicted octanol–water partition coefficient (Wildman–Crippen LogP) is 4.19. The van der Waals surface area contributed by atoms with Gasteiger partial charge in [0, 0.05) is 5.54 Å². The zero-order valence-corrected chi connectivity index (χ0v) is 15.8. The molecule has 0 radical (unpaired) electrons. The molecule has 0 fully saturated rings. The maximum Gasteiger partial charge on any atom is 0.416 e. The summed E-state index contributed by atoms with van der Waals surface area (Å²) >= 11 is 1.39. The van der Waals surface area contributed by atoms with Gasteiger partial charge in [0.2, 0.25) is 5.91 Å². The average Bonchev–Trinajstić information content (AvgIpc) is 3.06. The van der Waals surface area contributed by atoms with Crippen molar-refractivity contribution in [3.63, 3.8) is 0 Å². The third-order valence-electron chi connectivity index (χ3n) is 3.41. The molecule has 6 heteroatoms. The topological polar surface area (TPSA) is 58.6 Å². The SMILES string of the molecule is C[C@@H](C(=O)NC(C)(C)C)N(C(=O)OCc1ccccc1)c1cccs1. The van der Waals surface area contributed by atoms with Crippen molar-refractivity contribution in [2.45, 2.75) is 45.9 Å². The van der Waals surface area contributed by atoms with Crippen molar-refractivity contribution in [2.24, 2.45) is 0 Å². The molecule has 0 bridgehead atoms. The molecule has 25 heavy (non-hydrogen) atoms. The lowest BCUT2D eigenvalue weighted by Gasteiger charge is -2.29. The number of anilines is 1. The molecule has 0 aliphatic rings. The third-order valence-corrected chi connectivity index (χ3v) is 4.28. The van der Waals surface area contributed by atoms with Gasteiger partial charge in [0.15, 0.2) is 0 Å². The van der Waals surface area contributed by atoms with Gasteiger partial charge in [-0.25, -0.2) is 4.79 Å². The minimum Gasteiger partial charge on any atom is -0.444 e. The van der Waals surface area contributed by atoms with Crippen molar-refractivity contribution < 1.29 is 14.3 Å². The highest BCUT2D eigenvalue weighted by Gasteiger charge is 2.31. The first-order chi connectivity index (χ1) is 11.8. The quantitative estimate of drug-likeness (QED) is 0.869. The van der Waals surface area contributed by atoms with Crippen LogP contribution in [0, 0.1) is 0 Å². The van der Waals surface area contributed by atoms with Gasteiger partial charge < -0.3 is 10.1 Å². The van der Waals surface area contributed by atoms with Gasteiger partial charge in [0.1, 0.15) is 17.6 Å². The summed E-state index contributed by atoms with van der Waals surface area (Å²) < 4.78 is 5.43. The molecular weight excluding hydrogens is 336 g/mol. The first-order valence-corrected chi connectivity index (χ1v) is 9.01. The van der Waals surface area contributed by atoms with Gasteiger partial charge in [0.05, 0.1) is 0 Å². The molecule has 0 saturated heterocycles. The summed E-state index contributed by atoms with van der Waals surface area (Å²) in [5.74, 6) is -0.224. The van der Waals surface area contributed by atoms with Crippen molar-refractivity contribution in [2.75, 3.05) is 4.90 Å². The summed E-state index contributed by atoms with van der Waals surface area (Å²) in [6.07, 6.45) is -0.539. The fourth-order valence-electron chi connectivity index (χ4n) is 2.23. The van der Waals surface area contributed by atoms with Gasteiger partial charge in [-0.05, 0) is 50.8 Å². The second kappa shape index (κ2) is 8.16. The Morgan fingerprint density at radius 3 is 2.40 bits per heavy atom. The van der Waals surface area contributed by atoms with Gasteiger partial charge in [-0.15, -0.1) is 11.3 Å². The Bertz CT molecular complexity index is 693. The fourth-order valence-corrected chi connectivity index (χ4v) is 3.03. The predicted molar refractivity (Wildman–Crippen MR) is 101 cm³/mol. The Hall–Kier alpha value is -2.34. The zero-order valence-electron chi connectivity index (χ0n) is 15.0. The average molecular weight is 360 g/mol. The van der Waals surface area contributed by atoms with Crippen molar-refractivity contribution in [3.8, 4) is 0 Å². The number of nitrogens with zero attached hydrogens (tertiary/aromatic N) is 1. The first-order valence-electron chi connectivity index (χ1n) is 8.13. The van der Waals surface area contributed by atoms with E-state index in [1.54, 1.807) is 13.0 Å². The van der Waals surface area contributed by atoms with Gasteiger partial charge >= 0.3 is 6.09 Å². The standard InChI is InChI=1S/C19H24N2O3S/c1-14(17(22)20-19(2,3)4)21(16-11-8-12-25-16)18(23)24-13-15-9-6-5-7-10-15/h5-12,14H,13H2,1-4H3,(H,20,22)/t14-/m0/s1. The van der Waals surface area contributed by atoms with Gasteiger partial charge in [-0.3, -0.25) is 9.69 Å². The lowest BCUT2D eigenvalue weighted by atomic mass is 10.1. The lowest BCUT2D eigenvalue weighted by Crippen LogP contribution is -2.52. The monoisotopic (exact) mass is 360 g/mol. The molecule has 5 nitrogen and oxygen atoms in total. The minimum atomic E-state index is -0.679. The highest BCUT2D eigenvalue weighted by Crippen LogP contribution is 2.25. The summed E-state index contributed by atoms with van der Waals surface area (Å²) in [5.41, 5.74) is 0.522. The van der Waals surface area contributed by atoms with Crippen LogP contribution in [0.15, 0.2) is 47.8 Å². The first kappa shape index (κ1) is 19.0. The molecule has 1 aromatic carbocycles. The van der Waals surface area contributed by atoms with E-state index in [4.69, 9.17) is 4.74 Å². The van der Waals surface area contributed by atoms with Crippen LogP contribution in [-0.2, 0) is 16.1 Å². The number of rotatable bonds is 5. The van der Waals surface area contributed by atoms with Crippen LogP contribution in [-0.4, -0.2) is 23.6 Å². The van der Waals surface area contributed by atoms with Crippen molar-refractivity contribution in [1.29, 1.82) is 0 Å². The maximum atomic E-state index is 12.7. The Morgan fingerprint density at radius 2 is 1.84 bits per heavy atom. The number of hydrogen-bond acceptors (Lipinski definition) is 4. The van der Waals surface area contributed by atoms with E-state index < -0.39 is 12.1 Å². The number of nitrogens with one attached hydrogen (secondary N) is 1. The van der Waals surface area contributed by atoms with Crippen molar-refractivity contribution in [3.05, 3.63) is 53.4 Å². The van der Waals surface area contributed by atoms with Crippen LogP contribution >= 0.6 is 11.3 Å². The van der Waals surface area contributed by atoms with E-state index in [2.05, 4.69) is 5.32 Å². The van der Waals surface area contributed by atoms with Crippen LogP contribution in [0.3, 0.4) is 0 Å². The molecule has 0 unspecified atom stereocenters. The Morgan fingerprint density at radius 1 is 1.16 bits per heavy atom. The highest BCUT2D eigenvalue weighted by atomic mass is 32.1. The van der Waals surface area contributed by atoms with Crippen molar-refractivity contribution >= 4 is 28.3 Å². The maximum absolute atomic E-state index is 12.7. The van der Waals surface area contributed by atoms with E-state index >= 15 is 0 Å². The van der Waals surface area contributed by atoms with Gasteiger partial charge in [-0.1, -0.05) is 30.3 Å². The van der Waals surface area contributed by atoms with Gasteiger partial charge in [-0.2, -0.15) is 0 Å². The fraction of sp³-hybridized carbons (Fsp3) is 0.368. The summed E-state index contributed by atoms with van der Waals surface area (Å²) in [7, 11) is 0. The largest absolute Gasteiger partial charge is 0.444 e. The molecule has 2 rings (SSSR count). The van der Waals surface area contributed by atoms with E-state index in [1.807, 2.05) is 62.5 Å². The van der Waals surface area contributed by atoms with E-state index in [-0.39, 0.29) is 18.1 Å². The summed E-state index contributed by atoms with van der Waals surface area (Å²) in [5, 5.41) is 5.44. The molecule has 1 atom stereocenters. The Balaban J connectivity index is 2.13. The van der Waals surface area contributed by atoms with E-state index in [9.17, 15) is 9.59 Å². The molecule has 0 saturated carbocycles. The zero-order chi connectivity index (χ0) is 18.4. The minimum absolute atomic E-state index is 0.162. The summed E-state index contributed by atoms with van der Waals surface area (Å²) in [4.78, 5) is 26.6. The summed E-state index contributed by atoms with van der Waals surface area (Å²) in [6.45, 7) is 7.57. The van der Waals surface area contributed by atoms with Crippen molar-refractivity contribution in [1.82, 2.24) is 5.32 Å². The van der Waals surface area contributed by atoms with Crippen LogP contribution < -0.4 is 10.2 Å². The second-order valence-corrected chi connectivity index (χ2v) is 7.70. The molecule has 0 aliphatic carbocycles. The summed E-state index contributed by atoms with van der Waals surface area (Å²) in [6, 6.07) is 12.4.